The fourth-order valence-corrected chi connectivity index (χ4v) is 1.48. The quantitative estimate of drug-likeness (QED) is 0.575. The molecule has 1 aromatic rings. The van der Waals surface area contributed by atoms with Crippen molar-refractivity contribution in [3.05, 3.63) is 23.5 Å². The lowest BCUT2D eigenvalue weighted by Crippen LogP contribution is -2.15. The Kier molecular flexibility index (Phi) is 4.25. The van der Waals surface area contributed by atoms with Crippen molar-refractivity contribution in [2.45, 2.75) is 47.0 Å². The second-order valence-electron chi connectivity index (χ2n) is 4.26. The zero-order valence-corrected chi connectivity index (χ0v) is 10.1. The number of nitrogens with zero attached hydrogens (tertiary/aromatic N) is 1. The number of aryl methyl sites for hydroxylation is 2. The Balaban J connectivity index is 0.000000671. The molecular formula is C12H23N. The highest BCUT2D eigenvalue weighted by molar-refractivity contribution is 5.22. The molecule has 1 aromatic heterocycles. The molecule has 13 heavy (non-hydrogen) atoms. The van der Waals surface area contributed by atoms with Gasteiger partial charge in [0, 0.05) is 24.4 Å². The number of hydrogen-bond acceptors (Lipinski definition) is 0. The van der Waals surface area contributed by atoms with Crippen LogP contribution in [0.25, 0.3) is 0 Å². The first-order valence-electron chi connectivity index (χ1n) is 5.05. The molecule has 0 aliphatic rings. The van der Waals surface area contributed by atoms with Gasteiger partial charge >= 0.3 is 0 Å². The minimum absolute atomic E-state index is 0.267. The maximum absolute atomic E-state index is 2.25. The standard InChI is InChI=1S/C10H17N.C2H6/c1-8-6-9(10(2,3)4)11(5)7-8;1-2/h6-7H,1-5H3;1-2H3. The molecule has 0 aliphatic heterocycles. The highest BCUT2D eigenvalue weighted by Crippen LogP contribution is 2.23. The van der Waals surface area contributed by atoms with Crippen LogP contribution in [0.15, 0.2) is 12.3 Å². The summed E-state index contributed by atoms with van der Waals surface area (Å²) in [6.07, 6.45) is 2.17. The minimum atomic E-state index is 0.267. The Hall–Kier alpha value is -0.720. The zero-order valence-electron chi connectivity index (χ0n) is 10.1. The van der Waals surface area contributed by atoms with Gasteiger partial charge in [-0.15, -0.1) is 0 Å². The summed E-state index contributed by atoms with van der Waals surface area (Å²) in [6.45, 7) is 12.8. The molecule has 1 rings (SSSR count). The van der Waals surface area contributed by atoms with Crippen LogP contribution in [0.4, 0.5) is 0 Å². The summed E-state index contributed by atoms with van der Waals surface area (Å²) >= 11 is 0. The van der Waals surface area contributed by atoms with Gasteiger partial charge in [0.1, 0.15) is 0 Å². The Morgan fingerprint density at radius 2 is 1.62 bits per heavy atom. The van der Waals surface area contributed by atoms with Gasteiger partial charge in [-0.1, -0.05) is 34.6 Å². The van der Waals surface area contributed by atoms with Gasteiger partial charge < -0.3 is 4.57 Å². The van der Waals surface area contributed by atoms with E-state index in [1.807, 2.05) is 13.8 Å². The highest BCUT2D eigenvalue weighted by atomic mass is 14.9. The molecule has 0 N–H and O–H groups in total. The third kappa shape index (κ3) is 3.25. The lowest BCUT2D eigenvalue weighted by molar-refractivity contribution is 0.543. The van der Waals surface area contributed by atoms with E-state index in [4.69, 9.17) is 0 Å². The first kappa shape index (κ1) is 12.3. The third-order valence-electron chi connectivity index (χ3n) is 1.91. The van der Waals surface area contributed by atoms with Gasteiger partial charge in [-0.05, 0) is 18.6 Å². The van der Waals surface area contributed by atoms with Crippen LogP contribution in [0.3, 0.4) is 0 Å². The van der Waals surface area contributed by atoms with Crippen molar-refractivity contribution in [3.63, 3.8) is 0 Å². The average Bonchev–Trinajstić information content (AvgIpc) is 2.33. The average molecular weight is 181 g/mol. The molecule has 76 valence electrons. The Morgan fingerprint density at radius 1 is 1.15 bits per heavy atom. The van der Waals surface area contributed by atoms with E-state index in [-0.39, 0.29) is 5.41 Å². The van der Waals surface area contributed by atoms with E-state index in [0.717, 1.165) is 0 Å². The molecule has 0 aromatic carbocycles. The van der Waals surface area contributed by atoms with Gasteiger partial charge in [0.25, 0.3) is 0 Å². The van der Waals surface area contributed by atoms with Gasteiger partial charge in [-0.25, -0.2) is 0 Å². The van der Waals surface area contributed by atoms with Gasteiger partial charge in [0.15, 0.2) is 0 Å². The smallest absolute Gasteiger partial charge is 0.0228 e. The Labute approximate surface area is 82.8 Å². The SMILES string of the molecule is CC.Cc1cc(C(C)(C)C)n(C)c1. The summed E-state index contributed by atoms with van der Waals surface area (Å²) in [4.78, 5) is 0. The molecule has 0 atom stereocenters. The van der Waals surface area contributed by atoms with Crippen LogP contribution < -0.4 is 0 Å². The first-order valence-corrected chi connectivity index (χ1v) is 5.05. The number of rotatable bonds is 0. The lowest BCUT2D eigenvalue weighted by atomic mass is 9.92. The van der Waals surface area contributed by atoms with E-state index in [1.165, 1.54) is 11.3 Å². The van der Waals surface area contributed by atoms with Gasteiger partial charge in [-0.2, -0.15) is 0 Å². The predicted molar refractivity (Wildman–Crippen MR) is 60.2 cm³/mol. The minimum Gasteiger partial charge on any atom is -0.354 e. The normalized spacial score (nSPS) is 10.7. The van der Waals surface area contributed by atoms with Crippen molar-refractivity contribution in [1.29, 1.82) is 0 Å². The highest BCUT2D eigenvalue weighted by Gasteiger charge is 2.16. The monoisotopic (exact) mass is 181 g/mol. The van der Waals surface area contributed by atoms with Crippen molar-refractivity contribution in [3.8, 4) is 0 Å². The fourth-order valence-electron chi connectivity index (χ4n) is 1.48. The van der Waals surface area contributed by atoms with Crippen LogP contribution in [-0.2, 0) is 12.5 Å². The Morgan fingerprint density at radius 3 is 1.77 bits per heavy atom. The van der Waals surface area contributed by atoms with E-state index >= 15 is 0 Å². The van der Waals surface area contributed by atoms with E-state index in [0.29, 0.717) is 0 Å². The van der Waals surface area contributed by atoms with Crippen molar-refractivity contribution in [2.24, 2.45) is 7.05 Å². The molecule has 0 radical (unpaired) electrons. The summed E-state index contributed by atoms with van der Waals surface area (Å²) < 4.78 is 2.20. The molecule has 1 heteroatoms. The van der Waals surface area contributed by atoms with Crippen LogP contribution in [0, 0.1) is 6.92 Å². The third-order valence-corrected chi connectivity index (χ3v) is 1.91. The second kappa shape index (κ2) is 4.50. The molecule has 0 spiro atoms. The molecule has 0 fully saturated rings. The van der Waals surface area contributed by atoms with E-state index in [1.54, 1.807) is 0 Å². The summed E-state index contributed by atoms with van der Waals surface area (Å²) in [6, 6.07) is 2.25. The van der Waals surface area contributed by atoms with Crippen molar-refractivity contribution in [2.75, 3.05) is 0 Å². The zero-order chi connectivity index (χ0) is 10.6. The maximum atomic E-state index is 2.25. The van der Waals surface area contributed by atoms with E-state index in [2.05, 4.69) is 51.6 Å². The van der Waals surface area contributed by atoms with Gasteiger partial charge in [0.05, 0.1) is 0 Å². The van der Waals surface area contributed by atoms with Crippen LogP contribution in [0.2, 0.25) is 0 Å². The van der Waals surface area contributed by atoms with Gasteiger partial charge in [-0.3, -0.25) is 0 Å². The van der Waals surface area contributed by atoms with Crippen LogP contribution >= 0.6 is 0 Å². The number of aromatic nitrogens is 1. The summed E-state index contributed by atoms with van der Waals surface area (Å²) in [5.74, 6) is 0. The predicted octanol–water partition coefficient (Wildman–Crippen LogP) is 3.66. The summed E-state index contributed by atoms with van der Waals surface area (Å²) in [7, 11) is 2.10. The van der Waals surface area contributed by atoms with Crippen molar-refractivity contribution in [1.82, 2.24) is 4.57 Å². The van der Waals surface area contributed by atoms with Crippen molar-refractivity contribution >= 4 is 0 Å². The van der Waals surface area contributed by atoms with E-state index < -0.39 is 0 Å². The van der Waals surface area contributed by atoms with Crippen LogP contribution in [-0.4, -0.2) is 4.57 Å². The molecule has 0 saturated carbocycles. The molecule has 1 nitrogen and oxygen atoms in total. The van der Waals surface area contributed by atoms with Gasteiger partial charge in [0.2, 0.25) is 0 Å². The second-order valence-corrected chi connectivity index (χ2v) is 4.26. The summed E-state index contributed by atoms with van der Waals surface area (Å²) in [5.41, 5.74) is 3.01. The molecule has 0 bridgehead atoms. The van der Waals surface area contributed by atoms with Crippen LogP contribution in [0.1, 0.15) is 45.9 Å². The van der Waals surface area contributed by atoms with Crippen LogP contribution in [0.5, 0.6) is 0 Å². The largest absolute Gasteiger partial charge is 0.354 e. The molecule has 0 saturated heterocycles. The molecule has 0 aliphatic carbocycles. The molecule has 1 heterocycles. The maximum Gasteiger partial charge on any atom is 0.0228 e. The number of hydrogen-bond donors (Lipinski definition) is 0. The molecule has 0 amide bonds. The molecular weight excluding hydrogens is 158 g/mol. The van der Waals surface area contributed by atoms with E-state index in [9.17, 15) is 0 Å². The Bertz CT molecular complexity index is 251. The lowest BCUT2D eigenvalue weighted by Gasteiger charge is -2.19. The van der Waals surface area contributed by atoms with Crippen molar-refractivity contribution < 1.29 is 0 Å². The topological polar surface area (TPSA) is 4.93 Å². The first-order chi connectivity index (χ1) is 5.91. The summed E-state index contributed by atoms with van der Waals surface area (Å²) in [5, 5.41) is 0. The fraction of sp³-hybridized carbons (Fsp3) is 0.667. The molecule has 0 unspecified atom stereocenters.